The molecular formula is C16H16O4. The van der Waals surface area contributed by atoms with E-state index in [1.165, 1.54) is 13.2 Å². The van der Waals surface area contributed by atoms with Gasteiger partial charge in [0.15, 0.2) is 0 Å². The van der Waals surface area contributed by atoms with Gasteiger partial charge in [-0.05, 0) is 36.8 Å². The molecule has 1 heterocycles. The van der Waals surface area contributed by atoms with E-state index in [4.69, 9.17) is 9.15 Å². The van der Waals surface area contributed by atoms with Crippen molar-refractivity contribution in [3.05, 3.63) is 48.2 Å². The molecule has 0 aliphatic carbocycles. The smallest absolute Gasteiger partial charge is 0.330 e. The lowest BCUT2D eigenvalue weighted by Crippen LogP contribution is -1.95. The molecule has 0 saturated heterocycles. The van der Waals surface area contributed by atoms with E-state index in [1.54, 1.807) is 14.0 Å². The highest BCUT2D eigenvalue weighted by Gasteiger charge is 2.08. The summed E-state index contributed by atoms with van der Waals surface area (Å²) in [7, 11) is 2.96. The van der Waals surface area contributed by atoms with E-state index >= 15 is 0 Å². The Morgan fingerprint density at radius 1 is 1.20 bits per heavy atom. The molecule has 0 spiro atoms. The van der Waals surface area contributed by atoms with Gasteiger partial charge in [-0.15, -0.1) is 0 Å². The van der Waals surface area contributed by atoms with Gasteiger partial charge in [0.05, 0.1) is 14.2 Å². The SMILES string of the molecule is COC(=O)/C=C(\C)c1ccc(-c2cccc(OC)c2)o1. The summed E-state index contributed by atoms with van der Waals surface area (Å²) in [4.78, 5) is 11.2. The van der Waals surface area contributed by atoms with Gasteiger partial charge < -0.3 is 13.9 Å². The molecule has 0 amide bonds. The maximum atomic E-state index is 11.2. The summed E-state index contributed by atoms with van der Waals surface area (Å²) in [6.07, 6.45) is 1.40. The fraction of sp³-hybridized carbons (Fsp3) is 0.188. The molecule has 0 N–H and O–H groups in total. The van der Waals surface area contributed by atoms with Crippen LogP contribution in [0.25, 0.3) is 16.9 Å². The third-order valence-corrected chi connectivity index (χ3v) is 2.88. The lowest BCUT2D eigenvalue weighted by Gasteiger charge is -2.02. The molecule has 4 nitrogen and oxygen atoms in total. The Bertz CT molecular complexity index is 637. The summed E-state index contributed by atoms with van der Waals surface area (Å²) in [6, 6.07) is 11.3. The van der Waals surface area contributed by atoms with Crippen LogP contribution < -0.4 is 4.74 Å². The molecule has 20 heavy (non-hydrogen) atoms. The van der Waals surface area contributed by atoms with Crippen LogP contribution in [-0.2, 0) is 9.53 Å². The number of carbonyl (C=O) groups excluding carboxylic acids is 1. The van der Waals surface area contributed by atoms with Gasteiger partial charge in [-0.2, -0.15) is 0 Å². The summed E-state index contributed by atoms with van der Waals surface area (Å²) >= 11 is 0. The van der Waals surface area contributed by atoms with Crippen LogP contribution in [0.15, 0.2) is 46.9 Å². The number of rotatable bonds is 4. The van der Waals surface area contributed by atoms with Crippen LogP contribution >= 0.6 is 0 Å². The number of hydrogen-bond acceptors (Lipinski definition) is 4. The van der Waals surface area contributed by atoms with E-state index in [-0.39, 0.29) is 0 Å². The lowest BCUT2D eigenvalue weighted by atomic mass is 10.1. The second-order valence-electron chi connectivity index (χ2n) is 4.25. The van der Waals surface area contributed by atoms with Crippen molar-refractivity contribution >= 4 is 11.5 Å². The Balaban J connectivity index is 2.28. The van der Waals surface area contributed by atoms with Gasteiger partial charge in [-0.1, -0.05) is 12.1 Å². The van der Waals surface area contributed by atoms with Crippen molar-refractivity contribution in [3.8, 4) is 17.1 Å². The summed E-state index contributed by atoms with van der Waals surface area (Å²) in [5, 5.41) is 0. The van der Waals surface area contributed by atoms with Crippen molar-refractivity contribution in [1.82, 2.24) is 0 Å². The van der Waals surface area contributed by atoms with Gasteiger partial charge in [0, 0.05) is 11.6 Å². The zero-order valence-electron chi connectivity index (χ0n) is 11.7. The molecule has 0 atom stereocenters. The largest absolute Gasteiger partial charge is 0.497 e. The highest BCUT2D eigenvalue weighted by molar-refractivity contribution is 5.90. The first-order valence-electron chi connectivity index (χ1n) is 6.15. The minimum absolute atomic E-state index is 0.401. The first-order valence-corrected chi connectivity index (χ1v) is 6.15. The molecular weight excluding hydrogens is 256 g/mol. The number of esters is 1. The van der Waals surface area contributed by atoms with E-state index in [2.05, 4.69) is 4.74 Å². The van der Waals surface area contributed by atoms with Crippen molar-refractivity contribution in [3.63, 3.8) is 0 Å². The summed E-state index contributed by atoms with van der Waals surface area (Å²) in [5.41, 5.74) is 1.63. The van der Waals surface area contributed by atoms with Crippen LogP contribution in [0.2, 0.25) is 0 Å². The van der Waals surface area contributed by atoms with E-state index in [0.29, 0.717) is 11.3 Å². The molecule has 4 heteroatoms. The molecule has 0 aliphatic rings. The monoisotopic (exact) mass is 272 g/mol. The molecule has 0 bridgehead atoms. The average Bonchev–Trinajstić information content (AvgIpc) is 2.97. The van der Waals surface area contributed by atoms with Crippen LogP contribution in [0.4, 0.5) is 0 Å². The van der Waals surface area contributed by atoms with Crippen molar-refractivity contribution < 1.29 is 18.7 Å². The van der Waals surface area contributed by atoms with Crippen molar-refractivity contribution in [2.45, 2.75) is 6.92 Å². The minimum Gasteiger partial charge on any atom is -0.497 e. The van der Waals surface area contributed by atoms with Gasteiger partial charge in [0.1, 0.15) is 17.3 Å². The normalized spacial score (nSPS) is 11.2. The van der Waals surface area contributed by atoms with Gasteiger partial charge in [-0.25, -0.2) is 4.79 Å². The average molecular weight is 272 g/mol. The molecule has 2 rings (SSSR count). The molecule has 0 fully saturated rings. The third-order valence-electron chi connectivity index (χ3n) is 2.88. The number of hydrogen-bond donors (Lipinski definition) is 0. The van der Waals surface area contributed by atoms with E-state index in [9.17, 15) is 4.79 Å². The summed E-state index contributed by atoms with van der Waals surface area (Å²) in [5.74, 6) is 1.72. The number of ether oxygens (including phenoxy) is 2. The van der Waals surface area contributed by atoms with Gasteiger partial charge in [-0.3, -0.25) is 0 Å². The highest BCUT2D eigenvalue weighted by Crippen LogP contribution is 2.28. The zero-order chi connectivity index (χ0) is 14.5. The summed E-state index contributed by atoms with van der Waals surface area (Å²) < 4.78 is 15.5. The number of methoxy groups -OCH3 is 2. The second-order valence-corrected chi connectivity index (χ2v) is 4.25. The Morgan fingerprint density at radius 3 is 2.70 bits per heavy atom. The molecule has 1 aromatic heterocycles. The van der Waals surface area contributed by atoms with Crippen LogP contribution in [0.3, 0.4) is 0 Å². The molecule has 0 aliphatic heterocycles. The second kappa shape index (κ2) is 6.10. The Kier molecular flexibility index (Phi) is 4.25. The van der Waals surface area contributed by atoms with Gasteiger partial charge in [0.25, 0.3) is 0 Å². The Labute approximate surface area is 117 Å². The van der Waals surface area contributed by atoms with Crippen molar-refractivity contribution in [1.29, 1.82) is 0 Å². The predicted molar refractivity (Wildman–Crippen MR) is 76.4 cm³/mol. The molecule has 0 radical (unpaired) electrons. The van der Waals surface area contributed by atoms with Crippen molar-refractivity contribution in [2.75, 3.05) is 14.2 Å². The quantitative estimate of drug-likeness (QED) is 0.631. The van der Waals surface area contributed by atoms with Crippen LogP contribution in [0.1, 0.15) is 12.7 Å². The van der Waals surface area contributed by atoms with Crippen LogP contribution in [-0.4, -0.2) is 20.2 Å². The maximum Gasteiger partial charge on any atom is 0.330 e. The van der Waals surface area contributed by atoms with Crippen molar-refractivity contribution in [2.24, 2.45) is 0 Å². The minimum atomic E-state index is -0.401. The highest BCUT2D eigenvalue weighted by atomic mass is 16.5. The topological polar surface area (TPSA) is 48.7 Å². The number of carbonyl (C=O) groups is 1. The summed E-state index contributed by atoms with van der Waals surface area (Å²) in [6.45, 7) is 1.80. The van der Waals surface area contributed by atoms with Gasteiger partial charge >= 0.3 is 5.97 Å². The number of allylic oxidation sites excluding steroid dienone is 1. The van der Waals surface area contributed by atoms with Crippen LogP contribution in [0.5, 0.6) is 5.75 Å². The fourth-order valence-electron chi connectivity index (χ4n) is 1.79. The molecule has 0 unspecified atom stereocenters. The first-order chi connectivity index (χ1) is 9.63. The Morgan fingerprint density at radius 2 is 2.00 bits per heavy atom. The van der Waals surface area contributed by atoms with Gasteiger partial charge in [0.2, 0.25) is 0 Å². The number of benzene rings is 1. The first kappa shape index (κ1) is 13.9. The molecule has 2 aromatic rings. The lowest BCUT2D eigenvalue weighted by molar-refractivity contribution is -0.134. The zero-order valence-corrected chi connectivity index (χ0v) is 11.7. The molecule has 1 aromatic carbocycles. The predicted octanol–water partition coefficient (Wildman–Crippen LogP) is 3.53. The third kappa shape index (κ3) is 3.09. The fourth-order valence-corrected chi connectivity index (χ4v) is 1.79. The van der Waals surface area contributed by atoms with E-state index in [0.717, 1.165) is 17.1 Å². The van der Waals surface area contributed by atoms with E-state index in [1.807, 2.05) is 36.4 Å². The Hall–Kier alpha value is -2.49. The van der Waals surface area contributed by atoms with E-state index < -0.39 is 5.97 Å². The number of furan rings is 1. The standard InChI is InChI=1S/C16H16O4/c1-11(9-16(17)19-3)14-7-8-15(20-14)12-5-4-6-13(10-12)18-2/h4-10H,1-3H3/b11-9+. The molecule has 104 valence electrons. The molecule has 0 saturated carbocycles. The maximum absolute atomic E-state index is 11.2. The van der Waals surface area contributed by atoms with Crippen LogP contribution in [0, 0.1) is 0 Å².